The summed E-state index contributed by atoms with van der Waals surface area (Å²) in [5.74, 6) is 0.706. The second kappa shape index (κ2) is 7.00. The van der Waals surface area contributed by atoms with Gasteiger partial charge in [-0.25, -0.2) is 4.79 Å². The van der Waals surface area contributed by atoms with E-state index in [4.69, 9.17) is 14.0 Å². The lowest BCUT2D eigenvalue weighted by molar-refractivity contribution is -0.171. The second-order valence-corrected chi connectivity index (χ2v) is 5.91. The van der Waals surface area contributed by atoms with Crippen molar-refractivity contribution < 1.29 is 23.9 Å². The third-order valence-electron chi connectivity index (χ3n) is 4.20. The Hall–Kier alpha value is -2.41. The van der Waals surface area contributed by atoms with Crippen LogP contribution in [-0.2, 0) is 16.1 Å². The van der Waals surface area contributed by atoms with E-state index in [1.54, 1.807) is 19.2 Å². The van der Waals surface area contributed by atoms with E-state index in [2.05, 4.69) is 10.1 Å². The van der Waals surface area contributed by atoms with Gasteiger partial charge in [-0.2, -0.15) is 4.98 Å². The first-order valence-electron chi connectivity index (χ1n) is 7.97. The molecule has 0 spiro atoms. The highest BCUT2D eigenvalue weighted by Crippen LogP contribution is 2.29. The van der Waals surface area contributed by atoms with Gasteiger partial charge in [-0.15, -0.1) is 0 Å². The third kappa shape index (κ3) is 3.56. The van der Waals surface area contributed by atoms with Gasteiger partial charge >= 0.3 is 5.97 Å². The summed E-state index contributed by atoms with van der Waals surface area (Å²) in [4.78, 5) is 16.3. The molecule has 24 heavy (non-hydrogen) atoms. The van der Waals surface area contributed by atoms with Gasteiger partial charge in [0, 0.05) is 5.56 Å². The van der Waals surface area contributed by atoms with E-state index >= 15 is 0 Å². The number of aliphatic hydroxyl groups is 1. The average Bonchev–Trinajstić information content (AvgIpc) is 3.09. The highest BCUT2D eigenvalue weighted by Gasteiger charge is 2.38. The summed E-state index contributed by atoms with van der Waals surface area (Å²) in [7, 11) is 1.59. The maximum Gasteiger partial charge on any atom is 0.338 e. The Labute approximate surface area is 139 Å². The molecule has 1 fully saturated rings. The van der Waals surface area contributed by atoms with Gasteiger partial charge in [0.05, 0.1) is 7.11 Å². The van der Waals surface area contributed by atoms with Crippen LogP contribution in [0.2, 0.25) is 0 Å². The molecular weight excluding hydrogens is 312 g/mol. The fourth-order valence-electron chi connectivity index (χ4n) is 2.77. The van der Waals surface area contributed by atoms with Crippen LogP contribution in [0.3, 0.4) is 0 Å². The Morgan fingerprint density at radius 2 is 1.96 bits per heavy atom. The summed E-state index contributed by atoms with van der Waals surface area (Å²) in [5.41, 5.74) is -0.611. The van der Waals surface area contributed by atoms with Crippen molar-refractivity contribution in [2.75, 3.05) is 7.11 Å². The van der Waals surface area contributed by atoms with Crippen molar-refractivity contribution in [3.63, 3.8) is 0 Å². The monoisotopic (exact) mass is 332 g/mol. The minimum Gasteiger partial charge on any atom is -0.497 e. The molecule has 0 aliphatic heterocycles. The fraction of sp³-hybridized carbons (Fsp3) is 0.471. The molecule has 7 nitrogen and oxygen atoms in total. The van der Waals surface area contributed by atoms with Crippen LogP contribution in [0.4, 0.5) is 0 Å². The molecule has 1 aliphatic rings. The van der Waals surface area contributed by atoms with E-state index < -0.39 is 11.6 Å². The van der Waals surface area contributed by atoms with Crippen LogP contribution in [0.5, 0.6) is 5.75 Å². The van der Waals surface area contributed by atoms with E-state index in [1.165, 1.54) is 0 Å². The van der Waals surface area contributed by atoms with Crippen molar-refractivity contribution >= 4 is 5.97 Å². The number of hydrogen-bond acceptors (Lipinski definition) is 7. The summed E-state index contributed by atoms with van der Waals surface area (Å²) in [6.45, 7) is -0.149. The van der Waals surface area contributed by atoms with Crippen molar-refractivity contribution in [3.8, 4) is 17.1 Å². The number of aromatic nitrogens is 2. The van der Waals surface area contributed by atoms with Gasteiger partial charge in [0.15, 0.2) is 12.2 Å². The zero-order valence-electron chi connectivity index (χ0n) is 13.5. The molecular formula is C17H20N2O5. The molecule has 1 aromatic carbocycles. The van der Waals surface area contributed by atoms with E-state index in [9.17, 15) is 9.90 Å². The molecule has 3 rings (SSSR count). The number of esters is 1. The minimum absolute atomic E-state index is 0.149. The first-order valence-corrected chi connectivity index (χ1v) is 7.97. The van der Waals surface area contributed by atoms with E-state index in [0.717, 1.165) is 30.6 Å². The number of methoxy groups -OCH3 is 1. The first-order chi connectivity index (χ1) is 11.6. The van der Waals surface area contributed by atoms with E-state index in [-0.39, 0.29) is 12.5 Å². The lowest BCUT2D eigenvalue weighted by atomic mass is 9.85. The van der Waals surface area contributed by atoms with Crippen LogP contribution in [0, 0.1) is 0 Å². The standard InChI is InChI=1S/C17H20N2O5/c1-22-13-7-5-12(6-8-13)15-18-14(24-19-15)11-23-16(20)17(21)9-3-2-4-10-17/h5-8,21H,2-4,9-11H2,1H3. The highest BCUT2D eigenvalue weighted by atomic mass is 16.6. The first kappa shape index (κ1) is 16.4. The molecule has 1 heterocycles. The SMILES string of the molecule is COc1ccc(-c2noc(COC(=O)C3(O)CCCCC3)n2)cc1. The topological polar surface area (TPSA) is 94.7 Å². The molecule has 0 unspecified atom stereocenters. The van der Waals surface area contributed by atoms with Crippen molar-refractivity contribution in [2.45, 2.75) is 44.3 Å². The summed E-state index contributed by atoms with van der Waals surface area (Å²) in [6.07, 6.45) is 3.56. The van der Waals surface area contributed by atoms with Crippen LogP contribution in [0.1, 0.15) is 38.0 Å². The molecule has 1 aromatic heterocycles. The van der Waals surface area contributed by atoms with Gasteiger partial charge in [-0.3, -0.25) is 0 Å². The van der Waals surface area contributed by atoms with Crippen molar-refractivity contribution in [1.82, 2.24) is 10.1 Å². The molecule has 0 bridgehead atoms. The number of carbonyl (C=O) groups is 1. The number of ether oxygens (including phenoxy) is 2. The Morgan fingerprint density at radius 3 is 2.62 bits per heavy atom. The van der Waals surface area contributed by atoms with Gasteiger partial charge in [0.2, 0.25) is 5.82 Å². The summed E-state index contributed by atoms with van der Waals surface area (Å²) < 4.78 is 15.3. The van der Waals surface area contributed by atoms with E-state index in [0.29, 0.717) is 18.7 Å². The number of rotatable bonds is 5. The maximum atomic E-state index is 12.1. The number of carbonyl (C=O) groups excluding carboxylic acids is 1. The minimum atomic E-state index is -1.38. The predicted octanol–water partition coefficient (Wildman–Crippen LogP) is 2.48. The average molecular weight is 332 g/mol. The molecule has 0 radical (unpaired) electrons. The molecule has 2 aromatic rings. The Balaban J connectivity index is 1.60. The van der Waals surface area contributed by atoms with Gasteiger partial charge in [0.25, 0.3) is 5.89 Å². The smallest absolute Gasteiger partial charge is 0.338 e. The molecule has 128 valence electrons. The molecule has 1 N–H and O–H groups in total. The lowest BCUT2D eigenvalue weighted by Crippen LogP contribution is -2.41. The van der Waals surface area contributed by atoms with Gasteiger partial charge < -0.3 is 19.1 Å². The largest absolute Gasteiger partial charge is 0.497 e. The zero-order chi connectivity index (χ0) is 17.0. The Bertz CT molecular complexity index is 689. The maximum absolute atomic E-state index is 12.1. The Morgan fingerprint density at radius 1 is 1.25 bits per heavy atom. The van der Waals surface area contributed by atoms with Crippen LogP contribution >= 0.6 is 0 Å². The molecule has 7 heteroatoms. The van der Waals surface area contributed by atoms with E-state index in [1.807, 2.05) is 12.1 Å². The Kier molecular flexibility index (Phi) is 4.80. The fourth-order valence-corrected chi connectivity index (χ4v) is 2.77. The van der Waals surface area contributed by atoms with Gasteiger partial charge in [-0.05, 0) is 49.9 Å². The van der Waals surface area contributed by atoms with Crippen LogP contribution in [-0.4, -0.2) is 33.9 Å². The molecule has 0 saturated heterocycles. The quantitative estimate of drug-likeness (QED) is 0.840. The molecule has 0 amide bonds. The van der Waals surface area contributed by atoms with Crippen LogP contribution < -0.4 is 4.74 Å². The number of hydrogen-bond donors (Lipinski definition) is 1. The molecule has 0 atom stereocenters. The van der Waals surface area contributed by atoms with Crippen molar-refractivity contribution in [2.24, 2.45) is 0 Å². The zero-order valence-corrected chi connectivity index (χ0v) is 13.5. The summed E-state index contributed by atoms with van der Waals surface area (Å²) in [5, 5.41) is 14.2. The molecule has 1 saturated carbocycles. The van der Waals surface area contributed by atoms with Gasteiger partial charge in [0.1, 0.15) is 5.75 Å². The van der Waals surface area contributed by atoms with Crippen LogP contribution in [0.15, 0.2) is 28.8 Å². The number of benzene rings is 1. The van der Waals surface area contributed by atoms with Gasteiger partial charge in [-0.1, -0.05) is 11.6 Å². The third-order valence-corrected chi connectivity index (χ3v) is 4.20. The highest BCUT2D eigenvalue weighted by molar-refractivity contribution is 5.79. The molecule has 1 aliphatic carbocycles. The lowest BCUT2D eigenvalue weighted by Gasteiger charge is -2.29. The van der Waals surface area contributed by atoms with Crippen LogP contribution in [0.25, 0.3) is 11.4 Å². The van der Waals surface area contributed by atoms with Crippen molar-refractivity contribution in [1.29, 1.82) is 0 Å². The second-order valence-electron chi connectivity index (χ2n) is 5.91. The van der Waals surface area contributed by atoms with Crippen molar-refractivity contribution in [3.05, 3.63) is 30.2 Å². The summed E-state index contributed by atoms with van der Waals surface area (Å²) in [6, 6.07) is 7.21. The number of nitrogens with zero attached hydrogens (tertiary/aromatic N) is 2. The predicted molar refractivity (Wildman–Crippen MR) is 84.1 cm³/mol. The normalized spacial score (nSPS) is 16.6. The summed E-state index contributed by atoms with van der Waals surface area (Å²) >= 11 is 0.